The van der Waals surface area contributed by atoms with Crippen molar-refractivity contribution in [2.45, 2.75) is 71.8 Å². The number of carboxylic acids is 1. The van der Waals surface area contributed by atoms with Crippen LogP contribution in [0.3, 0.4) is 0 Å². The summed E-state index contributed by atoms with van der Waals surface area (Å²) in [6.45, 7) is 6.97. The Labute approximate surface area is 122 Å². The number of rotatable bonds is 11. The van der Waals surface area contributed by atoms with Crippen molar-refractivity contribution in [2.24, 2.45) is 5.92 Å². The number of carboxylic acid groups (broad SMARTS) is 1. The average Bonchev–Trinajstić information content (AvgIpc) is 2.38. The molecule has 0 saturated carbocycles. The molecule has 0 aliphatic carbocycles. The zero-order valence-corrected chi connectivity index (χ0v) is 13.1. The van der Waals surface area contributed by atoms with Crippen LogP contribution in [0.1, 0.15) is 65.7 Å². The lowest BCUT2D eigenvalue weighted by Gasteiger charge is -2.22. The molecule has 1 atom stereocenters. The normalized spacial score (nSPS) is 12.2. The zero-order chi connectivity index (χ0) is 15.4. The van der Waals surface area contributed by atoms with E-state index in [1.165, 1.54) is 0 Å². The predicted octanol–water partition coefficient (Wildman–Crippen LogP) is 3.15. The molecule has 0 aliphatic heterocycles. The van der Waals surface area contributed by atoms with E-state index < -0.39 is 5.97 Å². The minimum Gasteiger partial charge on any atom is -0.481 e. The highest BCUT2D eigenvalue weighted by molar-refractivity contribution is 5.74. The Morgan fingerprint density at radius 3 is 2.20 bits per heavy atom. The van der Waals surface area contributed by atoms with Gasteiger partial charge in [0.05, 0.1) is 0 Å². The van der Waals surface area contributed by atoms with Crippen LogP contribution in [0.2, 0.25) is 0 Å². The Bertz CT molecular complexity index is 278. The van der Waals surface area contributed by atoms with Gasteiger partial charge in [-0.1, -0.05) is 39.5 Å². The summed E-state index contributed by atoms with van der Waals surface area (Å²) in [6.07, 6.45) is 5.85. The molecule has 0 bridgehead atoms. The predicted molar refractivity (Wildman–Crippen MR) is 80.8 cm³/mol. The number of urea groups is 1. The van der Waals surface area contributed by atoms with E-state index in [0.717, 1.165) is 32.1 Å². The van der Waals surface area contributed by atoms with E-state index in [0.29, 0.717) is 18.9 Å². The first-order valence-corrected chi connectivity index (χ1v) is 7.77. The van der Waals surface area contributed by atoms with Gasteiger partial charge < -0.3 is 15.7 Å². The van der Waals surface area contributed by atoms with E-state index in [1.54, 1.807) is 0 Å². The highest BCUT2D eigenvalue weighted by atomic mass is 16.4. The summed E-state index contributed by atoms with van der Waals surface area (Å²) in [5, 5.41) is 14.3. The quantitative estimate of drug-likeness (QED) is 0.510. The Hall–Kier alpha value is -1.26. The standard InChI is InChI=1S/C15H30N2O3/c1-4-13(5-2)12(3)17-15(20)16-11-9-7-6-8-10-14(18)19/h12-13H,4-11H2,1-3H3,(H,18,19)(H2,16,17,20). The van der Waals surface area contributed by atoms with Gasteiger partial charge in [0.15, 0.2) is 0 Å². The summed E-state index contributed by atoms with van der Waals surface area (Å²) in [7, 11) is 0. The van der Waals surface area contributed by atoms with Crippen molar-refractivity contribution in [3.05, 3.63) is 0 Å². The SMILES string of the molecule is CCC(CC)C(C)NC(=O)NCCCCCCC(=O)O. The molecule has 3 N–H and O–H groups in total. The molecule has 5 heteroatoms. The molecule has 118 valence electrons. The zero-order valence-electron chi connectivity index (χ0n) is 13.1. The Kier molecular flexibility index (Phi) is 10.8. The smallest absolute Gasteiger partial charge is 0.315 e. The first-order valence-electron chi connectivity index (χ1n) is 7.77. The fourth-order valence-electron chi connectivity index (χ4n) is 2.33. The molecule has 0 fully saturated rings. The molecule has 0 saturated heterocycles. The van der Waals surface area contributed by atoms with E-state index >= 15 is 0 Å². The van der Waals surface area contributed by atoms with Crippen molar-refractivity contribution in [3.8, 4) is 0 Å². The van der Waals surface area contributed by atoms with E-state index in [2.05, 4.69) is 24.5 Å². The molecule has 20 heavy (non-hydrogen) atoms. The first-order chi connectivity index (χ1) is 9.51. The maximum atomic E-state index is 11.7. The lowest BCUT2D eigenvalue weighted by molar-refractivity contribution is -0.137. The Morgan fingerprint density at radius 2 is 1.65 bits per heavy atom. The first kappa shape index (κ1) is 18.7. The lowest BCUT2D eigenvalue weighted by atomic mass is 9.96. The monoisotopic (exact) mass is 286 g/mol. The second kappa shape index (κ2) is 11.6. The van der Waals surface area contributed by atoms with Crippen LogP contribution in [0.15, 0.2) is 0 Å². The van der Waals surface area contributed by atoms with Crippen molar-refractivity contribution < 1.29 is 14.7 Å². The number of amides is 2. The number of carbonyl (C=O) groups excluding carboxylic acids is 1. The second-order valence-corrected chi connectivity index (χ2v) is 5.32. The van der Waals surface area contributed by atoms with Gasteiger partial charge in [-0.2, -0.15) is 0 Å². The van der Waals surface area contributed by atoms with Crippen LogP contribution >= 0.6 is 0 Å². The molecule has 0 aromatic carbocycles. The van der Waals surface area contributed by atoms with Gasteiger partial charge in [0.1, 0.15) is 0 Å². The van der Waals surface area contributed by atoms with Gasteiger partial charge in [0.2, 0.25) is 0 Å². The van der Waals surface area contributed by atoms with Crippen LogP contribution in [0, 0.1) is 5.92 Å². The molecular formula is C15H30N2O3. The summed E-state index contributed by atoms with van der Waals surface area (Å²) in [6, 6.07) is 0.0931. The number of unbranched alkanes of at least 4 members (excludes halogenated alkanes) is 3. The fourth-order valence-corrected chi connectivity index (χ4v) is 2.33. The minimum absolute atomic E-state index is 0.102. The molecule has 0 heterocycles. The molecule has 0 radical (unpaired) electrons. The third-order valence-electron chi connectivity index (χ3n) is 3.72. The summed E-state index contributed by atoms with van der Waals surface area (Å²) >= 11 is 0. The molecule has 0 rings (SSSR count). The molecule has 1 unspecified atom stereocenters. The van der Waals surface area contributed by atoms with Crippen LogP contribution in [0.5, 0.6) is 0 Å². The van der Waals surface area contributed by atoms with E-state index in [-0.39, 0.29) is 18.5 Å². The number of hydrogen-bond acceptors (Lipinski definition) is 2. The molecule has 2 amide bonds. The van der Waals surface area contributed by atoms with Crippen LogP contribution in [-0.4, -0.2) is 29.7 Å². The van der Waals surface area contributed by atoms with Gasteiger partial charge in [-0.15, -0.1) is 0 Å². The van der Waals surface area contributed by atoms with Crippen LogP contribution in [0.25, 0.3) is 0 Å². The number of nitrogens with one attached hydrogen (secondary N) is 2. The van der Waals surface area contributed by atoms with Gasteiger partial charge in [0, 0.05) is 19.0 Å². The number of hydrogen-bond donors (Lipinski definition) is 3. The van der Waals surface area contributed by atoms with Gasteiger partial charge in [-0.05, 0) is 25.7 Å². The second-order valence-electron chi connectivity index (χ2n) is 5.32. The lowest BCUT2D eigenvalue weighted by Crippen LogP contribution is -2.44. The maximum Gasteiger partial charge on any atom is 0.315 e. The highest BCUT2D eigenvalue weighted by Crippen LogP contribution is 2.12. The van der Waals surface area contributed by atoms with Gasteiger partial charge in [-0.3, -0.25) is 4.79 Å². The van der Waals surface area contributed by atoms with Gasteiger partial charge >= 0.3 is 12.0 Å². The molecule has 0 aliphatic rings. The largest absolute Gasteiger partial charge is 0.481 e. The highest BCUT2D eigenvalue weighted by Gasteiger charge is 2.15. The molecule has 5 nitrogen and oxygen atoms in total. The Morgan fingerprint density at radius 1 is 1.05 bits per heavy atom. The third-order valence-corrected chi connectivity index (χ3v) is 3.72. The van der Waals surface area contributed by atoms with E-state index in [9.17, 15) is 9.59 Å². The minimum atomic E-state index is -0.738. The number of aliphatic carboxylic acids is 1. The fraction of sp³-hybridized carbons (Fsp3) is 0.867. The van der Waals surface area contributed by atoms with Crippen molar-refractivity contribution in [1.82, 2.24) is 10.6 Å². The molecular weight excluding hydrogens is 256 g/mol. The number of carbonyl (C=O) groups is 2. The van der Waals surface area contributed by atoms with Crippen molar-refractivity contribution in [2.75, 3.05) is 6.54 Å². The summed E-state index contributed by atoms with van der Waals surface area (Å²) in [5.41, 5.74) is 0. The van der Waals surface area contributed by atoms with Crippen LogP contribution in [-0.2, 0) is 4.79 Å². The average molecular weight is 286 g/mol. The summed E-state index contributed by atoms with van der Waals surface area (Å²) < 4.78 is 0. The van der Waals surface area contributed by atoms with E-state index in [4.69, 9.17) is 5.11 Å². The van der Waals surface area contributed by atoms with Gasteiger partial charge in [-0.25, -0.2) is 4.79 Å². The summed E-state index contributed by atoms with van der Waals surface area (Å²) in [5.74, 6) is -0.213. The molecule has 0 spiro atoms. The Balaban J connectivity index is 3.56. The summed E-state index contributed by atoms with van der Waals surface area (Å²) in [4.78, 5) is 22.0. The van der Waals surface area contributed by atoms with Crippen LogP contribution < -0.4 is 10.6 Å². The maximum absolute atomic E-state index is 11.7. The molecule has 0 aromatic rings. The van der Waals surface area contributed by atoms with Crippen molar-refractivity contribution >= 4 is 12.0 Å². The van der Waals surface area contributed by atoms with Crippen molar-refractivity contribution in [3.63, 3.8) is 0 Å². The molecule has 0 aromatic heterocycles. The third kappa shape index (κ3) is 9.64. The van der Waals surface area contributed by atoms with Crippen LogP contribution in [0.4, 0.5) is 4.79 Å². The topological polar surface area (TPSA) is 78.4 Å². The van der Waals surface area contributed by atoms with Gasteiger partial charge in [0.25, 0.3) is 0 Å². The van der Waals surface area contributed by atoms with Crippen molar-refractivity contribution in [1.29, 1.82) is 0 Å². The van der Waals surface area contributed by atoms with E-state index in [1.807, 2.05) is 6.92 Å².